The molecule has 0 spiro atoms. The van der Waals surface area contributed by atoms with Crippen LogP contribution in [0.25, 0.3) is 5.70 Å². The summed E-state index contributed by atoms with van der Waals surface area (Å²) in [6.07, 6.45) is 2.33. The van der Waals surface area contributed by atoms with Crippen molar-refractivity contribution in [2.75, 3.05) is 4.90 Å². The van der Waals surface area contributed by atoms with Gasteiger partial charge in [0.2, 0.25) is 0 Å². The first-order valence-electron chi connectivity index (χ1n) is 7.18. The molecule has 0 radical (unpaired) electrons. The monoisotopic (exact) mass is 261 g/mol. The van der Waals surface area contributed by atoms with Crippen molar-refractivity contribution in [2.24, 2.45) is 0 Å². The average molecular weight is 261 g/mol. The summed E-state index contributed by atoms with van der Waals surface area (Å²) in [4.78, 5) is 2.29. The third-order valence-corrected chi connectivity index (χ3v) is 3.80. The number of aryl methyl sites for hydroxylation is 1. The number of rotatable bonds is 3. The van der Waals surface area contributed by atoms with E-state index < -0.39 is 0 Å². The minimum atomic E-state index is 0.911. The van der Waals surface area contributed by atoms with Crippen LogP contribution in [0.3, 0.4) is 0 Å². The molecule has 1 nitrogen and oxygen atoms in total. The zero-order chi connectivity index (χ0) is 13.9. The first-order valence-corrected chi connectivity index (χ1v) is 7.18. The number of benzene rings is 2. The molecule has 1 heterocycles. The number of fused-ring (bicyclic) bond motifs is 1. The van der Waals surface area contributed by atoms with Gasteiger partial charge in [0.15, 0.2) is 0 Å². The van der Waals surface area contributed by atoms with Gasteiger partial charge in [-0.15, -0.1) is 5.73 Å². The Morgan fingerprint density at radius 1 is 1.15 bits per heavy atom. The number of para-hydroxylation sites is 1. The van der Waals surface area contributed by atoms with Crippen LogP contribution in [0.2, 0.25) is 0 Å². The smallest absolute Gasteiger partial charge is 0.0918 e. The summed E-state index contributed by atoms with van der Waals surface area (Å²) < 4.78 is 0. The molecule has 0 N–H and O–H groups in total. The van der Waals surface area contributed by atoms with Crippen molar-refractivity contribution in [1.82, 2.24) is 0 Å². The van der Waals surface area contributed by atoms with Crippen molar-refractivity contribution in [3.63, 3.8) is 0 Å². The molecule has 2 aromatic rings. The molecule has 1 aliphatic rings. The van der Waals surface area contributed by atoms with Gasteiger partial charge in [0.05, 0.1) is 5.70 Å². The Hall–Kier alpha value is -2.24. The molecular formula is C19H19N. The van der Waals surface area contributed by atoms with Crippen LogP contribution in [-0.4, -0.2) is 0 Å². The maximum absolute atomic E-state index is 3.87. The van der Waals surface area contributed by atoms with E-state index in [0.717, 1.165) is 18.7 Å². The highest BCUT2D eigenvalue weighted by Crippen LogP contribution is 2.36. The van der Waals surface area contributed by atoms with Crippen LogP contribution in [0.5, 0.6) is 0 Å². The molecule has 0 saturated carbocycles. The highest BCUT2D eigenvalue weighted by molar-refractivity contribution is 5.84. The van der Waals surface area contributed by atoms with Crippen LogP contribution in [0, 0.1) is 0 Å². The van der Waals surface area contributed by atoms with Crippen molar-refractivity contribution in [1.29, 1.82) is 0 Å². The minimum Gasteiger partial charge on any atom is -0.330 e. The summed E-state index contributed by atoms with van der Waals surface area (Å²) in [5, 5.41) is 0. The number of hydrogen-bond acceptors (Lipinski definition) is 1. The fourth-order valence-electron chi connectivity index (χ4n) is 2.87. The van der Waals surface area contributed by atoms with Gasteiger partial charge in [-0.2, -0.15) is 0 Å². The highest BCUT2D eigenvalue weighted by Gasteiger charge is 2.24. The van der Waals surface area contributed by atoms with Crippen molar-refractivity contribution < 1.29 is 0 Å². The molecule has 0 saturated heterocycles. The van der Waals surface area contributed by atoms with Crippen LogP contribution in [-0.2, 0) is 13.0 Å². The minimum absolute atomic E-state index is 0.911. The lowest BCUT2D eigenvalue weighted by Crippen LogP contribution is -2.12. The second-order valence-corrected chi connectivity index (χ2v) is 5.19. The van der Waals surface area contributed by atoms with Crippen LogP contribution in [0.1, 0.15) is 30.0 Å². The van der Waals surface area contributed by atoms with Crippen LogP contribution in [0.4, 0.5) is 5.69 Å². The summed E-state index contributed by atoms with van der Waals surface area (Å²) in [6.45, 7) is 7.00. The first-order chi connectivity index (χ1) is 9.83. The second-order valence-electron chi connectivity index (χ2n) is 5.19. The first kappa shape index (κ1) is 12.8. The van der Waals surface area contributed by atoms with Gasteiger partial charge in [-0.05, 0) is 29.7 Å². The molecule has 0 aliphatic carbocycles. The third-order valence-electron chi connectivity index (χ3n) is 3.80. The molecule has 2 aromatic carbocycles. The van der Waals surface area contributed by atoms with Gasteiger partial charge in [0.25, 0.3) is 0 Å². The van der Waals surface area contributed by atoms with E-state index in [1.807, 2.05) is 6.07 Å². The molecule has 0 atom stereocenters. The molecule has 0 fully saturated rings. The zero-order valence-electron chi connectivity index (χ0n) is 11.9. The van der Waals surface area contributed by atoms with Gasteiger partial charge >= 0.3 is 0 Å². The molecule has 0 bridgehead atoms. The molecule has 3 rings (SSSR count). The molecule has 0 amide bonds. The predicted octanol–water partition coefficient (Wildman–Crippen LogP) is 4.79. The molecule has 20 heavy (non-hydrogen) atoms. The van der Waals surface area contributed by atoms with E-state index in [2.05, 4.69) is 66.6 Å². The lowest BCUT2D eigenvalue weighted by atomic mass is 10.0. The summed E-state index contributed by atoms with van der Waals surface area (Å²) in [7, 11) is 0. The van der Waals surface area contributed by atoms with Crippen molar-refractivity contribution >= 4 is 11.4 Å². The Bertz CT molecular complexity index is 663. The summed E-state index contributed by atoms with van der Waals surface area (Å²) in [5.41, 5.74) is 9.47. The zero-order valence-corrected chi connectivity index (χ0v) is 11.9. The van der Waals surface area contributed by atoms with E-state index in [0.29, 0.717) is 0 Å². The van der Waals surface area contributed by atoms with E-state index in [1.165, 1.54) is 28.8 Å². The quantitative estimate of drug-likeness (QED) is 0.718. The van der Waals surface area contributed by atoms with Gasteiger partial charge in [0, 0.05) is 17.8 Å². The summed E-state index contributed by atoms with van der Waals surface area (Å²) in [5.74, 6) is 0. The molecule has 1 aliphatic heterocycles. The second kappa shape index (κ2) is 5.40. The molecule has 1 heteroatoms. The normalized spacial score (nSPS) is 13.2. The van der Waals surface area contributed by atoms with Crippen LogP contribution >= 0.6 is 0 Å². The largest absolute Gasteiger partial charge is 0.330 e. The lowest BCUT2D eigenvalue weighted by Gasteiger charge is -2.18. The lowest BCUT2D eigenvalue weighted by molar-refractivity contribution is 0.917. The maximum Gasteiger partial charge on any atom is 0.0918 e. The maximum atomic E-state index is 3.87. The Morgan fingerprint density at radius 2 is 1.95 bits per heavy atom. The van der Waals surface area contributed by atoms with E-state index in [1.54, 1.807) is 0 Å². The van der Waals surface area contributed by atoms with Crippen LogP contribution < -0.4 is 4.90 Å². The predicted molar refractivity (Wildman–Crippen MR) is 85.6 cm³/mol. The summed E-state index contributed by atoms with van der Waals surface area (Å²) >= 11 is 0. The Kier molecular flexibility index (Phi) is 3.45. The SMILES string of the molecule is C=C=C1c2ccc(CCC)cc2CN1c1ccccc1. The number of nitrogens with zero attached hydrogens (tertiary/aromatic N) is 1. The van der Waals surface area contributed by atoms with Gasteiger partial charge in [-0.3, -0.25) is 0 Å². The Labute approximate surface area is 120 Å². The van der Waals surface area contributed by atoms with Gasteiger partial charge in [0.1, 0.15) is 0 Å². The Balaban J connectivity index is 2.01. The fourth-order valence-corrected chi connectivity index (χ4v) is 2.87. The fraction of sp³-hybridized carbons (Fsp3) is 0.211. The molecule has 0 aromatic heterocycles. The van der Waals surface area contributed by atoms with Crippen molar-refractivity contribution in [3.05, 3.63) is 77.5 Å². The average Bonchev–Trinajstić information content (AvgIpc) is 2.86. The van der Waals surface area contributed by atoms with Crippen molar-refractivity contribution in [3.8, 4) is 0 Å². The summed E-state index contributed by atoms with van der Waals surface area (Å²) in [6, 6.07) is 17.2. The van der Waals surface area contributed by atoms with E-state index in [4.69, 9.17) is 0 Å². The van der Waals surface area contributed by atoms with Gasteiger partial charge in [-0.25, -0.2) is 0 Å². The van der Waals surface area contributed by atoms with E-state index >= 15 is 0 Å². The van der Waals surface area contributed by atoms with Gasteiger partial charge < -0.3 is 4.90 Å². The number of anilines is 1. The standard InChI is InChI=1S/C19H19N/c1-3-8-15-11-12-18-16(13-15)14-20(19(18)4-2)17-9-6-5-7-10-17/h5-7,9-13H,2-3,8,14H2,1H3. The topological polar surface area (TPSA) is 3.24 Å². The number of hydrogen-bond donors (Lipinski definition) is 0. The third kappa shape index (κ3) is 2.17. The Morgan fingerprint density at radius 3 is 2.65 bits per heavy atom. The molecule has 0 unspecified atom stereocenters. The van der Waals surface area contributed by atoms with E-state index in [9.17, 15) is 0 Å². The highest BCUT2D eigenvalue weighted by atomic mass is 15.2. The molecular weight excluding hydrogens is 242 g/mol. The van der Waals surface area contributed by atoms with Gasteiger partial charge in [-0.1, -0.05) is 56.3 Å². The van der Waals surface area contributed by atoms with Crippen molar-refractivity contribution in [2.45, 2.75) is 26.3 Å². The van der Waals surface area contributed by atoms with E-state index in [-0.39, 0.29) is 0 Å². The van der Waals surface area contributed by atoms with Crippen LogP contribution in [0.15, 0.2) is 60.8 Å². The molecule has 100 valence electrons.